The summed E-state index contributed by atoms with van der Waals surface area (Å²) in [5.74, 6) is 0.0226. The number of hydrogen-bond acceptors (Lipinski definition) is 3. The lowest BCUT2D eigenvalue weighted by Crippen LogP contribution is -2.47. The van der Waals surface area contributed by atoms with E-state index in [9.17, 15) is 9.59 Å². The average Bonchev–Trinajstić information content (AvgIpc) is 2.81. The van der Waals surface area contributed by atoms with Gasteiger partial charge in [0.15, 0.2) is 0 Å². The lowest BCUT2D eigenvalue weighted by Gasteiger charge is -2.34. The number of imide groups is 1. The maximum Gasteiger partial charge on any atom is 0.240 e. The Balaban J connectivity index is 1.88. The van der Waals surface area contributed by atoms with Gasteiger partial charge in [-0.15, -0.1) is 0 Å². The zero-order valence-corrected chi connectivity index (χ0v) is 15.0. The van der Waals surface area contributed by atoms with E-state index in [1.807, 2.05) is 12.1 Å². The van der Waals surface area contributed by atoms with Gasteiger partial charge in [0.2, 0.25) is 11.8 Å². The summed E-state index contributed by atoms with van der Waals surface area (Å²) >= 11 is 0. The molecule has 4 heteroatoms. The van der Waals surface area contributed by atoms with E-state index in [1.165, 1.54) is 10.5 Å². The Morgan fingerprint density at radius 3 is 2.62 bits per heavy atom. The number of fused-ring (bicyclic) bond motifs is 2. The molecule has 2 atom stereocenters. The average molecular weight is 328 g/mol. The van der Waals surface area contributed by atoms with E-state index >= 15 is 0 Å². The number of amides is 2. The first-order chi connectivity index (χ1) is 11.5. The van der Waals surface area contributed by atoms with Gasteiger partial charge < -0.3 is 0 Å². The highest BCUT2D eigenvalue weighted by atomic mass is 16.2. The van der Waals surface area contributed by atoms with Crippen LogP contribution >= 0.6 is 0 Å². The predicted octanol–water partition coefficient (Wildman–Crippen LogP) is 2.75. The summed E-state index contributed by atoms with van der Waals surface area (Å²) in [5, 5.41) is 0. The molecule has 0 saturated carbocycles. The van der Waals surface area contributed by atoms with Gasteiger partial charge >= 0.3 is 0 Å². The Kier molecular flexibility index (Phi) is 4.77. The second-order valence-electron chi connectivity index (χ2n) is 7.15. The number of benzene rings is 1. The molecular formula is C20H28N2O2. The molecular weight excluding hydrogens is 300 g/mol. The Morgan fingerprint density at radius 2 is 1.92 bits per heavy atom. The van der Waals surface area contributed by atoms with Crippen LogP contribution in [0.4, 0.5) is 0 Å². The van der Waals surface area contributed by atoms with E-state index in [0.717, 1.165) is 37.9 Å². The highest BCUT2D eigenvalue weighted by Crippen LogP contribution is 2.45. The SMILES string of the molecule is CCN(CC)C(C)CN1C(=O)CC2(CCCc3ccccc32)C1=O. The smallest absolute Gasteiger partial charge is 0.240 e. The summed E-state index contributed by atoms with van der Waals surface area (Å²) in [5.41, 5.74) is 1.73. The molecule has 1 aromatic rings. The maximum atomic E-state index is 13.3. The Labute approximate surface area is 144 Å². The molecule has 1 fully saturated rings. The first-order valence-corrected chi connectivity index (χ1v) is 9.20. The van der Waals surface area contributed by atoms with E-state index in [0.29, 0.717) is 13.0 Å². The third kappa shape index (κ3) is 2.67. The molecule has 2 amide bonds. The van der Waals surface area contributed by atoms with Crippen LogP contribution in [0, 0.1) is 0 Å². The zero-order valence-electron chi connectivity index (χ0n) is 15.0. The summed E-state index contributed by atoms with van der Waals surface area (Å²) in [4.78, 5) is 29.8. The Morgan fingerprint density at radius 1 is 1.21 bits per heavy atom. The zero-order chi connectivity index (χ0) is 17.3. The number of likely N-dealkylation sites (N-methyl/N-ethyl adjacent to an activating group) is 1. The van der Waals surface area contributed by atoms with Gasteiger partial charge in [-0.25, -0.2) is 0 Å². The van der Waals surface area contributed by atoms with Crippen molar-refractivity contribution < 1.29 is 9.59 Å². The molecule has 1 heterocycles. The number of aryl methyl sites for hydroxylation is 1. The van der Waals surface area contributed by atoms with Crippen molar-refractivity contribution in [3.8, 4) is 0 Å². The van der Waals surface area contributed by atoms with Crippen LogP contribution < -0.4 is 0 Å². The van der Waals surface area contributed by atoms with Gasteiger partial charge in [-0.3, -0.25) is 19.4 Å². The third-order valence-corrected chi connectivity index (χ3v) is 5.87. The van der Waals surface area contributed by atoms with Crippen LogP contribution in [0.15, 0.2) is 24.3 Å². The summed E-state index contributed by atoms with van der Waals surface area (Å²) < 4.78 is 0. The number of rotatable bonds is 5. The summed E-state index contributed by atoms with van der Waals surface area (Å²) in [7, 11) is 0. The number of carbonyl (C=O) groups excluding carboxylic acids is 2. The van der Waals surface area contributed by atoms with Gasteiger partial charge in [-0.05, 0) is 50.4 Å². The molecule has 1 aromatic carbocycles. The molecule has 2 aliphatic rings. The first kappa shape index (κ1) is 17.2. The van der Waals surface area contributed by atoms with Gasteiger partial charge in [0.1, 0.15) is 0 Å². The molecule has 0 bridgehead atoms. The van der Waals surface area contributed by atoms with E-state index in [-0.39, 0.29) is 17.9 Å². The maximum absolute atomic E-state index is 13.3. The molecule has 1 spiro atoms. The molecule has 3 rings (SSSR count). The predicted molar refractivity (Wildman–Crippen MR) is 94.8 cm³/mol. The quantitative estimate of drug-likeness (QED) is 0.781. The van der Waals surface area contributed by atoms with Gasteiger partial charge in [0.05, 0.1) is 5.41 Å². The van der Waals surface area contributed by atoms with Gasteiger partial charge in [-0.2, -0.15) is 0 Å². The second-order valence-corrected chi connectivity index (χ2v) is 7.15. The highest BCUT2D eigenvalue weighted by molar-refractivity contribution is 6.09. The molecule has 24 heavy (non-hydrogen) atoms. The fraction of sp³-hybridized carbons (Fsp3) is 0.600. The Bertz CT molecular complexity index is 638. The number of carbonyl (C=O) groups is 2. The molecule has 1 aliphatic heterocycles. The molecule has 0 N–H and O–H groups in total. The lowest BCUT2D eigenvalue weighted by molar-refractivity contribution is -0.141. The standard InChI is InChI=1S/C20H28N2O2/c1-4-21(5-2)15(3)14-22-18(23)13-20(19(22)24)12-8-10-16-9-6-7-11-17(16)20/h6-7,9,11,15H,4-5,8,10,12-14H2,1-3H3. The van der Waals surface area contributed by atoms with Crippen LogP contribution in [0.25, 0.3) is 0 Å². The van der Waals surface area contributed by atoms with Gasteiger partial charge in [-0.1, -0.05) is 38.1 Å². The van der Waals surface area contributed by atoms with Gasteiger partial charge in [0, 0.05) is 19.0 Å². The Hall–Kier alpha value is -1.68. The summed E-state index contributed by atoms with van der Waals surface area (Å²) in [6.45, 7) is 8.71. The topological polar surface area (TPSA) is 40.6 Å². The molecule has 2 unspecified atom stereocenters. The van der Waals surface area contributed by atoms with E-state index in [1.54, 1.807) is 0 Å². The lowest BCUT2D eigenvalue weighted by atomic mass is 9.69. The van der Waals surface area contributed by atoms with Gasteiger partial charge in [0.25, 0.3) is 0 Å². The van der Waals surface area contributed by atoms with Crippen LogP contribution in [0.3, 0.4) is 0 Å². The van der Waals surface area contributed by atoms with E-state index in [4.69, 9.17) is 0 Å². The van der Waals surface area contributed by atoms with Crippen LogP contribution in [0.5, 0.6) is 0 Å². The normalized spacial score (nSPS) is 24.8. The summed E-state index contributed by atoms with van der Waals surface area (Å²) in [6, 6.07) is 8.37. The van der Waals surface area contributed by atoms with Crippen molar-refractivity contribution in [2.24, 2.45) is 0 Å². The minimum Gasteiger partial charge on any atom is -0.299 e. The minimum absolute atomic E-state index is 0.00397. The van der Waals surface area contributed by atoms with Crippen molar-refractivity contribution >= 4 is 11.8 Å². The monoisotopic (exact) mass is 328 g/mol. The van der Waals surface area contributed by atoms with Crippen molar-refractivity contribution in [1.29, 1.82) is 0 Å². The van der Waals surface area contributed by atoms with Crippen LogP contribution in [-0.2, 0) is 21.4 Å². The van der Waals surface area contributed by atoms with Crippen LogP contribution in [0.1, 0.15) is 51.2 Å². The molecule has 1 aliphatic carbocycles. The molecule has 4 nitrogen and oxygen atoms in total. The third-order valence-electron chi connectivity index (χ3n) is 5.87. The van der Waals surface area contributed by atoms with Crippen molar-refractivity contribution in [1.82, 2.24) is 9.80 Å². The molecule has 0 radical (unpaired) electrons. The van der Waals surface area contributed by atoms with Crippen molar-refractivity contribution in [2.75, 3.05) is 19.6 Å². The summed E-state index contributed by atoms with van der Waals surface area (Å²) in [6.07, 6.45) is 3.13. The highest BCUT2D eigenvalue weighted by Gasteiger charge is 2.54. The van der Waals surface area contributed by atoms with Crippen molar-refractivity contribution in [3.05, 3.63) is 35.4 Å². The number of likely N-dealkylation sites (tertiary alicyclic amines) is 1. The van der Waals surface area contributed by atoms with Crippen LogP contribution in [0.2, 0.25) is 0 Å². The first-order valence-electron chi connectivity index (χ1n) is 9.20. The molecule has 0 aromatic heterocycles. The molecule has 130 valence electrons. The van der Waals surface area contributed by atoms with E-state index < -0.39 is 5.41 Å². The van der Waals surface area contributed by atoms with Crippen LogP contribution in [-0.4, -0.2) is 47.3 Å². The number of hydrogen-bond donors (Lipinski definition) is 0. The number of nitrogens with zero attached hydrogens (tertiary/aromatic N) is 2. The fourth-order valence-corrected chi connectivity index (χ4v) is 4.54. The minimum atomic E-state index is -0.602. The second kappa shape index (κ2) is 6.67. The van der Waals surface area contributed by atoms with E-state index in [2.05, 4.69) is 37.8 Å². The molecule has 1 saturated heterocycles. The van der Waals surface area contributed by atoms with Crippen molar-refractivity contribution in [2.45, 2.75) is 57.9 Å². The fourth-order valence-electron chi connectivity index (χ4n) is 4.54. The van der Waals surface area contributed by atoms with Crippen molar-refractivity contribution in [3.63, 3.8) is 0 Å². The largest absolute Gasteiger partial charge is 0.299 e.